The summed E-state index contributed by atoms with van der Waals surface area (Å²) in [6, 6.07) is 2.18. The Morgan fingerprint density at radius 1 is 1.33 bits per heavy atom. The van der Waals surface area contributed by atoms with Crippen LogP contribution in [-0.2, 0) is 11.2 Å². The van der Waals surface area contributed by atoms with E-state index in [1.165, 1.54) is 4.88 Å². The summed E-state index contributed by atoms with van der Waals surface area (Å²) in [5, 5.41) is 9.96. The summed E-state index contributed by atoms with van der Waals surface area (Å²) in [6.07, 6.45) is 2.63. The molecule has 6 nitrogen and oxygen atoms in total. The molecule has 3 heterocycles. The molecule has 2 aromatic rings. The van der Waals surface area contributed by atoms with Crippen LogP contribution in [0.4, 0.5) is 5.82 Å². The zero-order chi connectivity index (χ0) is 14.8. The second-order valence-electron chi connectivity index (χ2n) is 5.14. The van der Waals surface area contributed by atoms with Gasteiger partial charge in [-0.3, -0.25) is 9.69 Å². The molecule has 21 heavy (non-hydrogen) atoms. The minimum absolute atomic E-state index is 0.117. The molecule has 0 bridgehead atoms. The molecule has 0 aromatic carbocycles. The molecule has 7 heteroatoms. The van der Waals surface area contributed by atoms with Crippen molar-refractivity contribution in [3.63, 3.8) is 0 Å². The number of carboxylic acid groups (broad SMARTS) is 1. The van der Waals surface area contributed by atoms with E-state index in [9.17, 15) is 4.79 Å². The number of rotatable bonds is 4. The van der Waals surface area contributed by atoms with Gasteiger partial charge in [0.25, 0.3) is 0 Å². The minimum atomic E-state index is -0.765. The SMILES string of the molecule is CCc1cc2c(N3CCN(CC(=O)O)CC3)ncnc2s1. The Balaban J connectivity index is 1.79. The Labute approximate surface area is 127 Å². The van der Waals surface area contributed by atoms with E-state index >= 15 is 0 Å². The molecule has 1 saturated heterocycles. The van der Waals surface area contributed by atoms with Gasteiger partial charge in [-0.1, -0.05) is 6.92 Å². The third-order valence-corrected chi connectivity index (χ3v) is 4.93. The monoisotopic (exact) mass is 306 g/mol. The standard InChI is InChI=1S/C14H18N4O2S/c1-2-10-7-11-13(15-9-16-14(11)21-10)18-5-3-17(4-6-18)8-12(19)20/h7,9H,2-6,8H2,1H3,(H,19,20). The quantitative estimate of drug-likeness (QED) is 0.922. The fourth-order valence-electron chi connectivity index (χ4n) is 2.63. The van der Waals surface area contributed by atoms with Crippen molar-refractivity contribution in [3.05, 3.63) is 17.3 Å². The second kappa shape index (κ2) is 5.95. The topological polar surface area (TPSA) is 69.6 Å². The summed E-state index contributed by atoms with van der Waals surface area (Å²) in [6.45, 7) is 5.37. The maximum Gasteiger partial charge on any atom is 0.317 e. The molecule has 0 radical (unpaired) electrons. The number of piperazine rings is 1. The fourth-order valence-corrected chi connectivity index (χ4v) is 3.56. The molecule has 1 aliphatic rings. The molecule has 0 atom stereocenters. The maximum atomic E-state index is 10.8. The largest absolute Gasteiger partial charge is 0.480 e. The van der Waals surface area contributed by atoms with E-state index in [0.717, 1.165) is 48.6 Å². The second-order valence-corrected chi connectivity index (χ2v) is 6.25. The van der Waals surface area contributed by atoms with Crippen LogP contribution in [0, 0.1) is 0 Å². The fraction of sp³-hybridized carbons (Fsp3) is 0.500. The Bertz CT molecular complexity index is 649. The lowest BCUT2D eigenvalue weighted by Gasteiger charge is -2.34. The van der Waals surface area contributed by atoms with Crippen LogP contribution in [0.3, 0.4) is 0 Å². The summed E-state index contributed by atoms with van der Waals surface area (Å²) < 4.78 is 0. The number of carboxylic acids is 1. The number of thiophene rings is 1. The van der Waals surface area contributed by atoms with Crippen LogP contribution in [0.1, 0.15) is 11.8 Å². The van der Waals surface area contributed by atoms with Crippen LogP contribution in [-0.4, -0.2) is 58.7 Å². The Hall–Kier alpha value is -1.73. The van der Waals surface area contributed by atoms with E-state index in [4.69, 9.17) is 5.11 Å². The van der Waals surface area contributed by atoms with E-state index in [-0.39, 0.29) is 6.54 Å². The van der Waals surface area contributed by atoms with Gasteiger partial charge >= 0.3 is 5.97 Å². The molecule has 0 amide bonds. The van der Waals surface area contributed by atoms with Crippen molar-refractivity contribution in [3.8, 4) is 0 Å². The van der Waals surface area contributed by atoms with Gasteiger partial charge in [0.05, 0.1) is 11.9 Å². The van der Waals surface area contributed by atoms with E-state index in [2.05, 4.69) is 27.9 Å². The van der Waals surface area contributed by atoms with E-state index in [1.807, 2.05) is 4.90 Å². The molecule has 112 valence electrons. The van der Waals surface area contributed by atoms with Gasteiger partial charge in [0.2, 0.25) is 0 Å². The number of carbonyl (C=O) groups is 1. The highest BCUT2D eigenvalue weighted by molar-refractivity contribution is 7.18. The molecular formula is C14H18N4O2S. The first-order chi connectivity index (χ1) is 10.2. The highest BCUT2D eigenvalue weighted by Crippen LogP contribution is 2.30. The van der Waals surface area contributed by atoms with Crippen LogP contribution in [0.2, 0.25) is 0 Å². The van der Waals surface area contributed by atoms with Crippen LogP contribution < -0.4 is 4.90 Å². The molecule has 1 aliphatic heterocycles. The summed E-state index contributed by atoms with van der Waals surface area (Å²) in [5.74, 6) is 0.212. The highest BCUT2D eigenvalue weighted by Gasteiger charge is 2.21. The Morgan fingerprint density at radius 2 is 2.10 bits per heavy atom. The van der Waals surface area contributed by atoms with Crippen LogP contribution in [0.25, 0.3) is 10.2 Å². The zero-order valence-electron chi connectivity index (χ0n) is 11.9. The Morgan fingerprint density at radius 3 is 2.76 bits per heavy atom. The van der Waals surface area contributed by atoms with Gasteiger partial charge in [0.15, 0.2) is 0 Å². The third kappa shape index (κ3) is 2.98. The number of aliphatic carboxylic acids is 1. The van der Waals surface area contributed by atoms with E-state index in [0.29, 0.717) is 0 Å². The number of hydrogen-bond donors (Lipinski definition) is 1. The summed E-state index contributed by atoms with van der Waals surface area (Å²) >= 11 is 1.72. The molecule has 1 N–H and O–H groups in total. The first-order valence-electron chi connectivity index (χ1n) is 7.10. The van der Waals surface area contributed by atoms with Crippen molar-refractivity contribution in [2.75, 3.05) is 37.6 Å². The van der Waals surface area contributed by atoms with Crippen molar-refractivity contribution in [1.29, 1.82) is 0 Å². The first-order valence-corrected chi connectivity index (χ1v) is 7.91. The van der Waals surface area contributed by atoms with Gasteiger partial charge in [0, 0.05) is 31.1 Å². The van der Waals surface area contributed by atoms with Gasteiger partial charge in [0.1, 0.15) is 17.0 Å². The number of nitrogens with zero attached hydrogens (tertiary/aromatic N) is 4. The van der Waals surface area contributed by atoms with Gasteiger partial charge in [-0.2, -0.15) is 0 Å². The molecule has 0 spiro atoms. The predicted molar refractivity (Wildman–Crippen MR) is 83.1 cm³/mol. The summed E-state index contributed by atoms with van der Waals surface area (Å²) in [7, 11) is 0. The normalized spacial score (nSPS) is 16.5. The molecule has 0 saturated carbocycles. The number of anilines is 1. The number of aromatic nitrogens is 2. The average Bonchev–Trinajstić information content (AvgIpc) is 2.90. The smallest absolute Gasteiger partial charge is 0.317 e. The van der Waals surface area contributed by atoms with Crippen LogP contribution in [0.5, 0.6) is 0 Å². The maximum absolute atomic E-state index is 10.8. The van der Waals surface area contributed by atoms with Gasteiger partial charge in [-0.15, -0.1) is 11.3 Å². The molecule has 3 rings (SSSR count). The lowest BCUT2D eigenvalue weighted by Crippen LogP contribution is -2.48. The number of fused-ring (bicyclic) bond motifs is 1. The first kappa shape index (κ1) is 14.2. The lowest BCUT2D eigenvalue weighted by atomic mass is 10.2. The van der Waals surface area contributed by atoms with Gasteiger partial charge in [-0.05, 0) is 12.5 Å². The van der Waals surface area contributed by atoms with Crippen LogP contribution in [0.15, 0.2) is 12.4 Å². The molecule has 0 unspecified atom stereocenters. The Kier molecular flexibility index (Phi) is 4.03. The van der Waals surface area contributed by atoms with Crippen molar-refractivity contribution >= 4 is 33.3 Å². The lowest BCUT2D eigenvalue weighted by molar-refractivity contribution is -0.138. The summed E-state index contributed by atoms with van der Waals surface area (Å²) in [4.78, 5) is 26.1. The van der Waals surface area contributed by atoms with Crippen molar-refractivity contribution in [2.24, 2.45) is 0 Å². The molecule has 1 fully saturated rings. The number of aryl methyl sites for hydroxylation is 1. The van der Waals surface area contributed by atoms with E-state index in [1.54, 1.807) is 17.7 Å². The van der Waals surface area contributed by atoms with Gasteiger partial charge < -0.3 is 10.0 Å². The highest BCUT2D eigenvalue weighted by atomic mass is 32.1. The van der Waals surface area contributed by atoms with Gasteiger partial charge in [-0.25, -0.2) is 9.97 Å². The predicted octanol–water partition coefficient (Wildman–Crippen LogP) is 1.46. The van der Waals surface area contributed by atoms with Crippen molar-refractivity contribution < 1.29 is 9.90 Å². The van der Waals surface area contributed by atoms with Crippen LogP contribution >= 0.6 is 11.3 Å². The zero-order valence-corrected chi connectivity index (χ0v) is 12.8. The molecule has 2 aromatic heterocycles. The van der Waals surface area contributed by atoms with Crippen molar-refractivity contribution in [2.45, 2.75) is 13.3 Å². The summed E-state index contributed by atoms with van der Waals surface area (Å²) in [5.41, 5.74) is 0. The van der Waals surface area contributed by atoms with Crippen molar-refractivity contribution in [1.82, 2.24) is 14.9 Å². The average molecular weight is 306 g/mol. The number of hydrogen-bond acceptors (Lipinski definition) is 6. The molecular weight excluding hydrogens is 288 g/mol. The van der Waals surface area contributed by atoms with E-state index < -0.39 is 5.97 Å². The minimum Gasteiger partial charge on any atom is -0.480 e. The molecule has 0 aliphatic carbocycles. The third-order valence-electron chi connectivity index (χ3n) is 3.74.